The molecule has 0 radical (unpaired) electrons. The Morgan fingerprint density at radius 2 is 2.44 bits per heavy atom. The third-order valence-electron chi connectivity index (χ3n) is 3.60. The number of carboxylic acid groups (broad SMARTS) is 1. The van der Waals surface area contributed by atoms with Gasteiger partial charge in [0.05, 0.1) is 10.7 Å². The van der Waals surface area contributed by atoms with Crippen molar-refractivity contribution in [3.63, 3.8) is 0 Å². The van der Waals surface area contributed by atoms with Crippen LogP contribution in [0.3, 0.4) is 0 Å². The Hall–Kier alpha value is -1.01. The van der Waals surface area contributed by atoms with E-state index in [0.29, 0.717) is 18.1 Å². The highest BCUT2D eigenvalue weighted by molar-refractivity contribution is 7.99. The van der Waals surface area contributed by atoms with E-state index in [1.54, 1.807) is 18.8 Å². The van der Waals surface area contributed by atoms with Gasteiger partial charge >= 0.3 is 5.97 Å². The standard InChI is InChI=1S/C12H19N3O2S/c1-8-6-10(15(3)14-8)18-9-4-5-12(7-9,13-2)11(16)17/h6,9,13H,4-5,7H2,1-3H3,(H,16,17). The fourth-order valence-electron chi connectivity index (χ4n) is 2.50. The molecule has 6 heteroatoms. The van der Waals surface area contributed by atoms with Crippen molar-refractivity contribution in [1.82, 2.24) is 15.1 Å². The summed E-state index contributed by atoms with van der Waals surface area (Å²) >= 11 is 1.73. The molecule has 0 aromatic carbocycles. The van der Waals surface area contributed by atoms with Crippen LogP contribution in [-0.2, 0) is 11.8 Å². The molecule has 0 aliphatic heterocycles. The topological polar surface area (TPSA) is 67.2 Å². The van der Waals surface area contributed by atoms with Crippen LogP contribution >= 0.6 is 11.8 Å². The minimum absolute atomic E-state index is 0.336. The lowest BCUT2D eigenvalue weighted by Crippen LogP contribution is -2.48. The monoisotopic (exact) mass is 269 g/mol. The number of hydrogen-bond acceptors (Lipinski definition) is 4. The number of aromatic nitrogens is 2. The third kappa shape index (κ3) is 2.40. The number of hydrogen-bond donors (Lipinski definition) is 2. The number of nitrogens with zero attached hydrogens (tertiary/aromatic N) is 2. The van der Waals surface area contributed by atoms with Gasteiger partial charge in [-0.15, -0.1) is 11.8 Å². The van der Waals surface area contributed by atoms with Crippen molar-refractivity contribution >= 4 is 17.7 Å². The molecule has 2 rings (SSSR count). The second-order valence-electron chi connectivity index (χ2n) is 4.87. The fraction of sp³-hybridized carbons (Fsp3) is 0.667. The van der Waals surface area contributed by atoms with Crippen LogP contribution in [0.4, 0.5) is 0 Å². The molecule has 1 saturated carbocycles. The maximum absolute atomic E-state index is 11.3. The molecule has 1 aromatic heterocycles. The highest BCUT2D eigenvalue weighted by Gasteiger charge is 2.44. The first-order chi connectivity index (χ1) is 8.47. The maximum atomic E-state index is 11.3. The molecule has 1 fully saturated rings. The number of aryl methyl sites for hydroxylation is 2. The van der Waals surface area contributed by atoms with Crippen LogP contribution in [0, 0.1) is 6.92 Å². The lowest BCUT2D eigenvalue weighted by molar-refractivity contribution is -0.144. The van der Waals surface area contributed by atoms with Crippen molar-refractivity contribution in [3.8, 4) is 0 Å². The van der Waals surface area contributed by atoms with Gasteiger partial charge in [-0.1, -0.05) is 0 Å². The highest BCUT2D eigenvalue weighted by Crippen LogP contribution is 2.40. The zero-order valence-corrected chi connectivity index (χ0v) is 11.8. The predicted octanol–water partition coefficient (Wildman–Crippen LogP) is 1.42. The number of thioether (sulfide) groups is 1. The van der Waals surface area contributed by atoms with E-state index in [2.05, 4.69) is 10.4 Å². The van der Waals surface area contributed by atoms with Crippen LogP contribution in [0.2, 0.25) is 0 Å². The van der Waals surface area contributed by atoms with E-state index in [0.717, 1.165) is 17.1 Å². The van der Waals surface area contributed by atoms with Gasteiger partial charge in [0.2, 0.25) is 0 Å². The van der Waals surface area contributed by atoms with Crippen molar-refractivity contribution in [2.45, 2.75) is 42.0 Å². The lowest BCUT2D eigenvalue weighted by Gasteiger charge is -2.23. The molecule has 0 amide bonds. The number of rotatable bonds is 4. The normalized spacial score (nSPS) is 27.6. The zero-order chi connectivity index (χ0) is 13.3. The Balaban J connectivity index is 2.06. The van der Waals surface area contributed by atoms with E-state index in [1.807, 2.05) is 24.7 Å². The lowest BCUT2D eigenvalue weighted by atomic mass is 9.99. The van der Waals surface area contributed by atoms with E-state index in [1.165, 1.54) is 0 Å². The van der Waals surface area contributed by atoms with Gasteiger partial charge in [0.1, 0.15) is 5.54 Å². The second kappa shape index (κ2) is 4.93. The molecule has 5 nitrogen and oxygen atoms in total. The summed E-state index contributed by atoms with van der Waals surface area (Å²) < 4.78 is 1.86. The van der Waals surface area contributed by atoms with E-state index in [-0.39, 0.29) is 0 Å². The molecule has 1 heterocycles. The highest BCUT2D eigenvalue weighted by atomic mass is 32.2. The Morgan fingerprint density at radius 1 is 1.72 bits per heavy atom. The molecule has 2 atom stereocenters. The Labute approximate surface area is 111 Å². The van der Waals surface area contributed by atoms with Crippen molar-refractivity contribution in [2.75, 3.05) is 7.05 Å². The van der Waals surface area contributed by atoms with Crippen molar-refractivity contribution in [2.24, 2.45) is 7.05 Å². The maximum Gasteiger partial charge on any atom is 0.323 e. The summed E-state index contributed by atoms with van der Waals surface area (Å²) in [5, 5.41) is 18.0. The Morgan fingerprint density at radius 3 is 2.89 bits per heavy atom. The van der Waals surface area contributed by atoms with Gasteiger partial charge in [-0.3, -0.25) is 9.48 Å². The molecule has 1 aromatic rings. The van der Waals surface area contributed by atoms with Crippen LogP contribution < -0.4 is 5.32 Å². The van der Waals surface area contributed by atoms with Gasteiger partial charge in [0.25, 0.3) is 0 Å². The molecule has 2 N–H and O–H groups in total. The van der Waals surface area contributed by atoms with Crippen molar-refractivity contribution in [1.29, 1.82) is 0 Å². The van der Waals surface area contributed by atoms with Gasteiger partial charge in [-0.25, -0.2) is 0 Å². The van der Waals surface area contributed by atoms with Gasteiger partial charge in [-0.05, 0) is 39.3 Å². The first kappa shape index (κ1) is 13.4. The molecule has 1 aliphatic carbocycles. The number of nitrogens with one attached hydrogen (secondary N) is 1. The Kier molecular flexibility index (Phi) is 3.68. The summed E-state index contributed by atoms with van der Waals surface area (Å²) in [6, 6.07) is 2.05. The van der Waals surface area contributed by atoms with Crippen LogP contribution in [0.15, 0.2) is 11.1 Å². The predicted molar refractivity (Wildman–Crippen MR) is 70.9 cm³/mol. The molecule has 0 spiro atoms. The van der Waals surface area contributed by atoms with Crippen LogP contribution in [0.1, 0.15) is 25.0 Å². The van der Waals surface area contributed by atoms with Crippen molar-refractivity contribution < 1.29 is 9.90 Å². The number of carbonyl (C=O) groups is 1. The minimum atomic E-state index is -0.745. The molecule has 0 saturated heterocycles. The molecular weight excluding hydrogens is 250 g/mol. The summed E-state index contributed by atoms with van der Waals surface area (Å²) in [4.78, 5) is 11.3. The average molecular weight is 269 g/mol. The Bertz CT molecular complexity index is 460. The van der Waals surface area contributed by atoms with Crippen LogP contribution in [0.25, 0.3) is 0 Å². The number of aliphatic carboxylic acids is 1. The zero-order valence-electron chi connectivity index (χ0n) is 10.9. The summed E-state index contributed by atoms with van der Waals surface area (Å²) in [6.45, 7) is 1.97. The van der Waals surface area contributed by atoms with E-state index < -0.39 is 11.5 Å². The third-order valence-corrected chi connectivity index (χ3v) is 4.96. The molecule has 18 heavy (non-hydrogen) atoms. The number of carboxylic acids is 1. The first-order valence-electron chi connectivity index (χ1n) is 6.06. The summed E-state index contributed by atoms with van der Waals surface area (Å²) in [7, 11) is 3.65. The molecule has 100 valence electrons. The molecular formula is C12H19N3O2S. The largest absolute Gasteiger partial charge is 0.480 e. The SMILES string of the molecule is CNC1(C(=O)O)CCC(Sc2cc(C)nn2C)C1. The fourth-order valence-corrected chi connectivity index (χ4v) is 3.87. The minimum Gasteiger partial charge on any atom is -0.480 e. The van der Waals surface area contributed by atoms with Gasteiger partial charge in [0, 0.05) is 12.3 Å². The number of likely N-dealkylation sites (N-methyl/N-ethyl adjacent to an activating group) is 1. The van der Waals surface area contributed by atoms with Crippen LogP contribution in [0.5, 0.6) is 0 Å². The smallest absolute Gasteiger partial charge is 0.323 e. The van der Waals surface area contributed by atoms with E-state index >= 15 is 0 Å². The van der Waals surface area contributed by atoms with E-state index in [9.17, 15) is 9.90 Å². The van der Waals surface area contributed by atoms with Crippen LogP contribution in [-0.4, -0.2) is 38.7 Å². The summed E-state index contributed by atoms with van der Waals surface area (Å²) in [5.74, 6) is -0.741. The quantitative estimate of drug-likeness (QED) is 0.865. The molecule has 2 unspecified atom stereocenters. The second-order valence-corrected chi connectivity index (χ2v) is 6.19. The summed E-state index contributed by atoms with van der Waals surface area (Å²) in [5.41, 5.74) is 0.252. The summed E-state index contributed by atoms with van der Waals surface area (Å²) in [6.07, 6.45) is 2.27. The molecule has 0 bridgehead atoms. The van der Waals surface area contributed by atoms with Crippen molar-refractivity contribution in [3.05, 3.63) is 11.8 Å². The van der Waals surface area contributed by atoms with Gasteiger partial charge in [0.15, 0.2) is 0 Å². The van der Waals surface area contributed by atoms with Gasteiger partial charge in [-0.2, -0.15) is 5.10 Å². The van der Waals surface area contributed by atoms with E-state index in [4.69, 9.17) is 0 Å². The molecule has 1 aliphatic rings. The first-order valence-corrected chi connectivity index (χ1v) is 6.94. The van der Waals surface area contributed by atoms with Gasteiger partial charge < -0.3 is 10.4 Å². The average Bonchev–Trinajstić information content (AvgIpc) is 2.85.